The number of halogens is 2. The van der Waals surface area contributed by atoms with Crippen molar-refractivity contribution in [2.45, 2.75) is 20.8 Å². The van der Waals surface area contributed by atoms with Crippen molar-refractivity contribution in [2.75, 3.05) is 11.9 Å². The molecule has 1 aromatic carbocycles. The molecule has 3 nitrogen and oxygen atoms in total. The maximum atomic E-state index is 13.6. The van der Waals surface area contributed by atoms with Crippen LogP contribution in [0.2, 0.25) is 0 Å². The van der Waals surface area contributed by atoms with Gasteiger partial charge in [0.15, 0.2) is 11.6 Å². The van der Waals surface area contributed by atoms with Crippen molar-refractivity contribution in [1.29, 1.82) is 0 Å². The van der Waals surface area contributed by atoms with Crippen molar-refractivity contribution in [2.24, 2.45) is 11.8 Å². The standard InChI is InChI=1S/C13H17F2NO2/c1-7(2)8(3)6-16-10-5-4-9(13(17)18)11(14)12(10)15/h4-5,7-8,16H,6H2,1-3H3,(H,17,18). The first-order valence-corrected chi connectivity index (χ1v) is 5.79. The van der Waals surface area contributed by atoms with Crippen LogP contribution in [0.4, 0.5) is 14.5 Å². The van der Waals surface area contributed by atoms with Crippen molar-refractivity contribution in [3.05, 3.63) is 29.3 Å². The van der Waals surface area contributed by atoms with Gasteiger partial charge in [0, 0.05) is 6.54 Å². The Hall–Kier alpha value is -1.65. The molecule has 5 heteroatoms. The molecule has 2 N–H and O–H groups in total. The summed E-state index contributed by atoms with van der Waals surface area (Å²) >= 11 is 0. The van der Waals surface area contributed by atoms with E-state index < -0.39 is 23.2 Å². The Labute approximate surface area is 105 Å². The first-order valence-electron chi connectivity index (χ1n) is 5.79. The largest absolute Gasteiger partial charge is 0.478 e. The van der Waals surface area contributed by atoms with Gasteiger partial charge in [0.1, 0.15) is 0 Å². The minimum absolute atomic E-state index is 0.00926. The molecule has 0 radical (unpaired) electrons. The topological polar surface area (TPSA) is 49.3 Å². The fourth-order valence-corrected chi connectivity index (χ4v) is 1.36. The summed E-state index contributed by atoms with van der Waals surface area (Å²) in [4.78, 5) is 10.6. The Morgan fingerprint density at radius 3 is 2.39 bits per heavy atom. The van der Waals surface area contributed by atoms with E-state index in [1.54, 1.807) is 0 Å². The lowest BCUT2D eigenvalue weighted by Gasteiger charge is -2.17. The SMILES string of the molecule is CC(C)C(C)CNc1ccc(C(=O)O)c(F)c1F. The van der Waals surface area contributed by atoms with Gasteiger partial charge in [-0.1, -0.05) is 20.8 Å². The van der Waals surface area contributed by atoms with E-state index in [4.69, 9.17) is 5.11 Å². The van der Waals surface area contributed by atoms with Gasteiger partial charge in [-0.2, -0.15) is 0 Å². The Balaban J connectivity index is 2.86. The van der Waals surface area contributed by atoms with Crippen LogP contribution in [-0.2, 0) is 0 Å². The molecular formula is C13H17F2NO2. The molecule has 0 aliphatic carbocycles. The van der Waals surface area contributed by atoms with E-state index in [9.17, 15) is 13.6 Å². The van der Waals surface area contributed by atoms with Crippen LogP contribution in [0.5, 0.6) is 0 Å². The quantitative estimate of drug-likeness (QED) is 0.850. The summed E-state index contributed by atoms with van der Waals surface area (Å²) in [7, 11) is 0. The number of benzene rings is 1. The fourth-order valence-electron chi connectivity index (χ4n) is 1.36. The first kappa shape index (κ1) is 14.4. The molecule has 0 bridgehead atoms. The molecule has 0 aliphatic rings. The molecule has 0 aromatic heterocycles. The van der Waals surface area contributed by atoms with E-state index in [0.29, 0.717) is 18.4 Å². The van der Waals surface area contributed by atoms with Crippen LogP contribution < -0.4 is 5.32 Å². The van der Waals surface area contributed by atoms with Crippen LogP contribution in [0.15, 0.2) is 12.1 Å². The molecule has 100 valence electrons. The molecule has 0 amide bonds. The maximum Gasteiger partial charge on any atom is 0.338 e. The van der Waals surface area contributed by atoms with E-state index in [-0.39, 0.29) is 5.69 Å². The van der Waals surface area contributed by atoms with Gasteiger partial charge in [-0.05, 0) is 24.0 Å². The molecule has 0 saturated carbocycles. The number of nitrogens with one attached hydrogen (secondary N) is 1. The average molecular weight is 257 g/mol. The van der Waals surface area contributed by atoms with Crippen molar-refractivity contribution in [3.63, 3.8) is 0 Å². The normalized spacial score (nSPS) is 12.6. The highest BCUT2D eigenvalue weighted by Crippen LogP contribution is 2.21. The van der Waals surface area contributed by atoms with E-state index in [0.717, 1.165) is 6.07 Å². The molecule has 18 heavy (non-hydrogen) atoms. The summed E-state index contributed by atoms with van der Waals surface area (Å²) < 4.78 is 27.0. The van der Waals surface area contributed by atoms with Crippen LogP contribution in [0.3, 0.4) is 0 Å². The number of aromatic carboxylic acids is 1. The fraction of sp³-hybridized carbons (Fsp3) is 0.462. The Bertz CT molecular complexity index is 447. The molecule has 1 rings (SSSR count). The minimum atomic E-state index is -1.48. The van der Waals surface area contributed by atoms with Gasteiger partial charge in [0.25, 0.3) is 0 Å². The van der Waals surface area contributed by atoms with Crippen LogP contribution in [-0.4, -0.2) is 17.6 Å². The van der Waals surface area contributed by atoms with Crippen LogP contribution in [0.1, 0.15) is 31.1 Å². The Morgan fingerprint density at radius 1 is 1.28 bits per heavy atom. The zero-order valence-electron chi connectivity index (χ0n) is 10.6. The zero-order chi connectivity index (χ0) is 13.9. The molecular weight excluding hydrogens is 240 g/mol. The molecule has 1 atom stereocenters. The van der Waals surface area contributed by atoms with Crippen molar-refractivity contribution in [1.82, 2.24) is 0 Å². The van der Waals surface area contributed by atoms with Gasteiger partial charge in [-0.3, -0.25) is 0 Å². The van der Waals surface area contributed by atoms with Gasteiger partial charge in [0.2, 0.25) is 0 Å². The maximum absolute atomic E-state index is 13.6. The summed E-state index contributed by atoms with van der Waals surface area (Å²) in [6.45, 7) is 6.58. The monoisotopic (exact) mass is 257 g/mol. The van der Waals surface area contributed by atoms with Gasteiger partial charge in [0.05, 0.1) is 11.3 Å². The Kier molecular flexibility index (Phi) is 4.64. The van der Waals surface area contributed by atoms with Crippen molar-refractivity contribution in [3.8, 4) is 0 Å². The highest BCUT2D eigenvalue weighted by atomic mass is 19.2. The highest BCUT2D eigenvalue weighted by molar-refractivity contribution is 5.88. The number of anilines is 1. The predicted molar refractivity (Wildman–Crippen MR) is 65.8 cm³/mol. The summed E-state index contributed by atoms with van der Waals surface area (Å²) in [5, 5.41) is 11.4. The van der Waals surface area contributed by atoms with Crippen molar-refractivity contribution >= 4 is 11.7 Å². The third-order valence-corrected chi connectivity index (χ3v) is 3.07. The molecule has 1 aromatic rings. The summed E-state index contributed by atoms with van der Waals surface area (Å²) in [6, 6.07) is 2.30. The number of carboxylic acids is 1. The number of hydrogen-bond acceptors (Lipinski definition) is 2. The summed E-state index contributed by atoms with van der Waals surface area (Å²) in [5.74, 6) is -3.24. The smallest absolute Gasteiger partial charge is 0.338 e. The molecule has 0 aliphatic heterocycles. The van der Waals surface area contributed by atoms with Gasteiger partial charge < -0.3 is 10.4 Å². The molecule has 0 heterocycles. The average Bonchev–Trinajstić information content (AvgIpc) is 2.30. The lowest BCUT2D eigenvalue weighted by molar-refractivity contribution is 0.0690. The third-order valence-electron chi connectivity index (χ3n) is 3.07. The molecule has 0 saturated heterocycles. The van der Waals surface area contributed by atoms with Gasteiger partial charge in [-0.25, -0.2) is 13.6 Å². The van der Waals surface area contributed by atoms with Gasteiger partial charge >= 0.3 is 5.97 Å². The van der Waals surface area contributed by atoms with Crippen LogP contribution in [0.25, 0.3) is 0 Å². The first-order chi connectivity index (χ1) is 8.34. The zero-order valence-corrected chi connectivity index (χ0v) is 10.6. The highest BCUT2D eigenvalue weighted by Gasteiger charge is 2.18. The molecule has 0 spiro atoms. The van der Waals surface area contributed by atoms with Gasteiger partial charge in [-0.15, -0.1) is 0 Å². The second-order valence-corrected chi connectivity index (χ2v) is 4.70. The molecule has 1 unspecified atom stereocenters. The third kappa shape index (κ3) is 3.18. The van der Waals surface area contributed by atoms with Crippen LogP contribution >= 0.6 is 0 Å². The lowest BCUT2D eigenvalue weighted by Crippen LogP contribution is -2.17. The number of rotatable bonds is 5. The van der Waals surface area contributed by atoms with Crippen LogP contribution in [0, 0.1) is 23.5 Å². The van der Waals surface area contributed by atoms with E-state index in [1.807, 2.05) is 20.8 Å². The van der Waals surface area contributed by atoms with E-state index >= 15 is 0 Å². The second-order valence-electron chi connectivity index (χ2n) is 4.70. The predicted octanol–water partition coefficient (Wildman–Crippen LogP) is 3.37. The summed E-state index contributed by atoms with van der Waals surface area (Å²) in [6.07, 6.45) is 0. The molecule has 0 fully saturated rings. The van der Waals surface area contributed by atoms with Crippen molar-refractivity contribution < 1.29 is 18.7 Å². The summed E-state index contributed by atoms with van der Waals surface area (Å²) in [5.41, 5.74) is -0.667. The number of carboxylic acid groups (broad SMARTS) is 1. The van der Waals surface area contributed by atoms with E-state index in [1.165, 1.54) is 6.07 Å². The van der Waals surface area contributed by atoms with E-state index in [2.05, 4.69) is 5.32 Å². The number of carbonyl (C=O) groups is 1. The Morgan fingerprint density at radius 2 is 1.89 bits per heavy atom. The number of hydrogen-bond donors (Lipinski definition) is 2. The second kappa shape index (κ2) is 5.80. The minimum Gasteiger partial charge on any atom is -0.478 e. The lowest BCUT2D eigenvalue weighted by atomic mass is 9.98.